The van der Waals surface area contributed by atoms with Gasteiger partial charge >= 0.3 is 5.97 Å². The maximum atomic E-state index is 12.4. The lowest BCUT2D eigenvalue weighted by Crippen LogP contribution is -2.43. The van der Waals surface area contributed by atoms with Gasteiger partial charge in [0.05, 0.1) is 11.8 Å². The van der Waals surface area contributed by atoms with E-state index in [0.717, 1.165) is 18.7 Å². The van der Waals surface area contributed by atoms with E-state index in [1.807, 2.05) is 25.5 Å². The number of aliphatic carboxylic acids is 1. The number of carboxylic acid groups (broad SMARTS) is 1. The number of hydrogen-bond acceptors (Lipinski definition) is 3. The predicted octanol–water partition coefficient (Wildman–Crippen LogP) is 2.61. The molecule has 1 rings (SSSR count). The van der Waals surface area contributed by atoms with Crippen LogP contribution in [0, 0.1) is 12.8 Å². The molecular formula is C16H27N3O3. The first kappa shape index (κ1) is 18.2. The summed E-state index contributed by atoms with van der Waals surface area (Å²) in [7, 11) is 0. The van der Waals surface area contributed by atoms with Crippen molar-refractivity contribution in [2.75, 3.05) is 0 Å². The van der Waals surface area contributed by atoms with Crippen LogP contribution in [0.25, 0.3) is 0 Å². The second-order valence-corrected chi connectivity index (χ2v) is 6.78. The number of aromatic nitrogens is 2. The van der Waals surface area contributed by atoms with E-state index in [2.05, 4.69) is 24.3 Å². The summed E-state index contributed by atoms with van der Waals surface area (Å²) in [6.07, 6.45) is 3.00. The third kappa shape index (κ3) is 5.50. The molecule has 1 amide bonds. The molecule has 6 nitrogen and oxygen atoms in total. The lowest BCUT2D eigenvalue weighted by Gasteiger charge is -2.25. The Bertz CT molecular complexity index is 533. The first-order valence-corrected chi connectivity index (χ1v) is 7.69. The summed E-state index contributed by atoms with van der Waals surface area (Å²) in [5.41, 5.74) is 0.821. The number of nitrogens with one attached hydrogen (secondary N) is 1. The Kier molecular flexibility index (Phi) is 6.14. The van der Waals surface area contributed by atoms with Gasteiger partial charge in [-0.1, -0.05) is 13.8 Å². The Hall–Kier alpha value is -1.85. The number of nitrogens with zero attached hydrogens (tertiary/aromatic N) is 2. The van der Waals surface area contributed by atoms with Gasteiger partial charge in [-0.05, 0) is 39.5 Å². The van der Waals surface area contributed by atoms with Crippen molar-refractivity contribution in [1.82, 2.24) is 15.1 Å². The fourth-order valence-electron chi connectivity index (χ4n) is 2.13. The van der Waals surface area contributed by atoms with Gasteiger partial charge in [-0.3, -0.25) is 14.3 Å². The van der Waals surface area contributed by atoms with Crippen molar-refractivity contribution < 1.29 is 14.7 Å². The smallest absolute Gasteiger partial charge is 0.303 e. The monoisotopic (exact) mass is 309 g/mol. The van der Waals surface area contributed by atoms with Gasteiger partial charge in [0.15, 0.2) is 0 Å². The van der Waals surface area contributed by atoms with Crippen LogP contribution in [0.1, 0.15) is 63.0 Å². The molecular weight excluding hydrogens is 282 g/mol. The summed E-state index contributed by atoms with van der Waals surface area (Å²) in [5, 5.41) is 15.9. The van der Waals surface area contributed by atoms with E-state index >= 15 is 0 Å². The summed E-state index contributed by atoms with van der Waals surface area (Å²) < 4.78 is 1.85. The van der Waals surface area contributed by atoms with Crippen LogP contribution in [0.2, 0.25) is 0 Å². The van der Waals surface area contributed by atoms with Crippen molar-refractivity contribution in [3.8, 4) is 0 Å². The molecule has 0 bridgehead atoms. The zero-order valence-electron chi connectivity index (χ0n) is 14.1. The minimum Gasteiger partial charge on any atom is -0.481 e. The molecule has 0 fully saturated rings. The molecule has 1 aromatic rings. The van der Waals surface area contributed by atoms with Crippen LogP contribution < -0.4 is 5.32 Å². The first-order valence-electron chi connectivity index (χ1n) is 7.69. The van der Waals surface area contributed by atoms with Crippen LogP contribution in [0.4, 0.5) is 0 Å². The average molecular weight is 309 g/mol. The molecule has 0 saturated carbocycles. The van der Waals surface area contributed by atoms with Gasteiger partial charge in [0.1, 0.15) is 0 Å². The Morgan fingerprint density at radius 3 is 2.59 bits per heavy atom. The fraction of sp³-hybridized carbons (Fsp3) is 0.688. The van der Waals surface area contributed by atoms with Crippen molar-refractivity contribution >= 4 is 11.9 Å². The normalized spacial score (nSPS) is 11.7. The SMILES string of the molecule is Cc1c(C(=O)NC(C)(C)CCC(=O)O)cnn1CCC(C)C. The van der Waals surface area contributed by atoms with E-state index in [9.17, 15) is 9.59 Å². The highest BCUT2D eigenvalue weighted by Crippen LogP contribution is 2.15. The number of rotatable bonds is 8. The Morgan fingerprint density at radius 1 is 1.41 bits per heavy atom. The number of aryl methyl sites for hydroxylation is 1. The van der Waals surface area contributed by atoms with Crippen LogP contribution in [0.5, 0.6) is 0 Å². The molecule has 0 spiro atoms. The van der Waals surface area contributed by atoms with E-state index in [1.54, 1.807) is 6.20 Å². The van der Waals surface area contributed by atoms with Gasteiger partial charge in [0.2, 0.25) is 0 Å². The maximum absolute atomic E-state index is 12.4. The molecule has 6 heteroatoms. The molecule has 0 aromatic carbocycles. The first-order chi connectivity index (χ1) is 10.1. The van der Waals surface area contributed by atoms with Gasteiger partial charge in [-0.15, -0.1) is 0 Å². The highest BCUT2D eigenvalue weighted by Gasteiger charge is 2.24. The van der Waals surface area contributed by atoms with Crippen LogP contribution in [0.15, 0.2) is 6.20 Å². The van der Waals surface area contributed by atoms with Gasteiger partial charge in [-0.2, -0.15) is 5.10 Å². The van der Waals surface area contributed by atoms with Crippen LogP contribution in [0.3, 0.4) is 0 Å². The zero-order valence-corrected chi connectivity index (χ0v) is 14.1. The summed E-state index contributed by atoms with van der Waals surface area (Å²) in [6.45, 7) is 10.6. The predicted molar refractivity (Wildman–Crippen MR) is 84.8 cm³/mol. The number of carbonyl (C=O) groups is 2. The Labute approximate surface area is 131 Å². The molecule has 22 heavy (non-hydrogen) atoms. The van der Waals surface area contributed by atoms with Crippen molar-refractivity contribution in [1.29, 1.82) is 0 Å². The highest BCUT2D eigenvalue weighted by molar-refractivity contribution is 5.95. The van der Waals surface area contributed by atoms with Gasteiger partial charge in [0, 0.05) is 24.2 Å². The number of carbonyl (C=O) groups excluding carboxylic acids is 1. The molecule has 1 aromatic heterocycles. The third-order valence-electron chi connectivity index (χ3n) is 3.68. The van der Waals surface area contributed by atoms with E-state index < -0.39 is 11.5 Å². The highest BCUT2D eigenvalue weighted by atomic mass is 16.4. The largest absolute Gasteiger partial charge is 0.481 e. The van der Waals surface area contributed by atoms with Gasteiger partial charge in [0.25, 0.3) is 5.91 Å². The molecule has 0 atom stereocenters. The quantitative estimate of drug-likeness (QED) is 0.773. The number of carboxylic acids is 1. The Balaban J connectivity index is 2.71. The fourth-order valence-corrected chi connectivity index (χ4v) is 2.13. The summed E-state index contributed by atoms with van der Waals surface area (Å²) in [4.78, 5) is 23.0. The number of amides is 1. The van der Waals surface area contributed by atoms with E-state index in [0.29, 0.717) is 17.9 Å². The lowest BCUT2D eigenvalue weighted by molar-refractivity contribution is -0.137. The van der Waals surface area contributed by atoms with E-state index in [-0.39, 0.29) is 12.3 Å². The molecule has 0 aliphatic carbocycles. The van der Waals surface area contributed by atoms with Crippen molar-refractivity contribution in [2.24, 2.45) is 5.92 Å². The Morgan fingerprint density at radius 2 is 2.05 bits per heavy atom. The van der Waals surface area contributed by atoms with Gasteiger partial charge < -0.3 is 10.4 Å². The molecule has 124 valence electrons. The summed E-state index contributed by atoms with van der Waals surface area (Å²) in [6, 6.07) is 0. The van der Waals surface area contributed by atoms with E-state index in [1.165, 1.54) is 0 Å². The van der Waals surface area contributed by atoms with E-state index in [4.69, 9.17) is 5.11 Å². The maximum Gasteiger partial charge on any atom is 0.303 e. The van der Waals surface area contributed by atoms with Crippen LogP contribution in [-0.2, 0) is 11.3 Å². The molecule has 2 N–H and O–H groups in total. The summed E-state index contributed by atoms with van der Waals surface area (Å²) in [5.74, 6) is -0.487. The van der Waals surface area contributed by atoms with Crippen molar-refractivity contribution in [3.05, 3.63) is 17.5 Å². The summed E-state index contributed by atoms with van der Waals surface area (Å²) >= 11 is 0. The molecule has 0 unspecified atom stereocenters. The lowest BCUT2D eigenvalue weighted by atomic mass is 9.98. The van der Waals surface area contributed by atoms with Crippen molar-refractivity contribution in [3.63, 3.8) is 0 Å². The van der Waals surface area contributed by atoms with Crippen LogP contribution >= 0.6 is 0 Å². The number of hydrogen-bond donors (Lipinski definition) is 2. The molecule has 0 saturated heterocycles. The van der Waals surface area contributed by atoms with Gasteiger partial charge in [-0.25, -0.2) is 0 Å². The molecule has 0 aliphatic heterocycles. The zero-order chi connectivity index (χ0) is 16.9. The molecule has 0 radical (unpaired) electrons. The molecule has 1 heterocycles. The topological polar surface area (TPSA) is 84.2 Å². The van der Waals surface area contributed by atoms with Crippen molar-refractivity contribution in [2.45, 2.75) is 66.0 Å². The third-order valence-corrected chi connectivity index (χ3v) is 3.68. The minimum absolute atomic E-state index is 0.0277. The minimum atomic E-state index is -0.861. The second-order valence-electron chi connectivity index (χ2n) is 6.78. The van der Waals surface area contributed by atoms with Crippen LogP contribution in [-0.4, -0.2) is 32.3 Å². The second kappa shape index (κ2) is 7.42. The molecule has 0 aliphatic rings. The standard InChI is InChI=1S/C16H27N3O3/c1-11(2)7-9-19-12(3)13(10-17-19)15(22)18-16(4,5)8-6-14(20)21/h10-11H,6-9H2,1-5H3,(H,18,22)(H,20,21). The average Bonchev–Trinajstić information content (AvgIpc) is 2.75.